The van der Waals surface area contributed by atoms with Crippen LogP contribution in [0, 0.1) is 0 Å². The molecule has 0 heterocycles. The van der Waals surface area contributed by atoms with Crippen LogP contribution in [0.3, 0.4) is 0 Å². The van der Waals surface area contributed by atoms with Gasteiger partial charge in [0.1, 0.15) is 5.75 Å². The third-order valence-corrected chi connectivity index (χ3v) is 2.97. The van der Waals surface area contributed by atoms with Crippen molar-refractivity contribution < 1.29 is 14.6 Å². The third kappa shape index (κ3) is 3.53. The van der Waals surface area contributed by atoms with Crippen LogP contribution in [0.4, 0.5) is 5.69 Å². The maximum absolute atomic E-state index is 10.6. The minimum absolute atomic E-state index is 0.0835. The van der Waals surface area contributed by atoms with Crippen LogP contribution >= 0.6 is 11.6 Å². The Hall–Kier alpha value is -1.42. The Morgan fingerprint density at radius 3 is 2.71 bits per heavy atom. The Morgan fingerprint density at radius 2 is 2.24 bits per heavy atom. The van der Waals surface area contributed by atoms with Crippen molar-refractivity contribution in [2.45, 2.75) is 19.4 Å². The van der Waals surface area contributed by atoms with E-state index >= 15 is 0 Å². The van der Waals surface area contributed by atoms with E-state index in [0.29, 0.717) is 10.8 Å². The Labute approximate surface area is 106 Å². The van der Waals surface area contributed by atoms with Crippen molar-refractivity contribution in [3.63, 3.8) is 0 Å². The monoisotopic (exact) mass is 257 g/mol. The summed E-state index contributed by atoms with van der Waals surface area (Å²) in [5.41, 5.74) is 0.865. The molecule has 0 spiro atoms. The number of methoxy groups -OCH3 is 1. The topological polar surface area (TPSA) is 49.8 Å². The Bertz CT molecular complexity index is 409. The summed E-state index contributed by atoms with van der Waals surface area (Å²) < 4.78 is 5.06. The van der Waals surface area contributed by atoms with E-state index in [2.05, 4.69) is 0 Å². The molecule has 0 aliphatic heterocycles. The number of carboxylic acid groups (broad SMARTS) is 1. The number of carbonyl (C=O) groups is 1. The van der Waals surface area contributed by atoms with Crippen molar-refractivity contribution in [3.05, 3.63) is 23.2 Å². The number of halogens is 1. The van der Waals surface area contributed by atoms with E-state index in [9.17, 15) is 4.79 Å². The molecule has 5 heteroatoms. The quantitative estimate of drug-likeness (QED) is 0.881. The number of rotatable bonds is 5. The van der Waals surface area contributed by atoms with Crippen LogP contribution in [0.1, 0.15) is 13.3 Å². The fourth-order valence-electron chi connectivity index (χ4n) is 1.52. The highest BCUT2D eigenvalue weighted by atomic mass is 35.5. The molecule has 0 aliphatic carbocycles. The fraction of sp³-hybridized carbons (Fsp3) is 0.417. The Balaban J connectivity index is 2.85. The summed E-state index contributed by atoms with van der Waals surface area (Å²) in [4.78, 5) is 12.5. The number of anilines is 1. The van der Waals surface area contributed by atoms with E-state index in [4.69, 9.17) is 21.4 Å². The molecule has 0 bridgehead atoms. The van der Waals surface area contributed by atoms with Gasteiger partial charge in [0, 0.05) is 18.8 Å². The van der Waals surface area contributed by atoms with E-state index in [0.717, 1.165) is 5.69 Å². The van der Waals surface area contributed by atoms with Crippen LogP contribution in [0.5, 0.6) is 5.75 Å². The number of hydrogen-bond donors (Lipinski definition) is 1. The molecule has 4 nitrogen and oxygen atoms in total. The zero-order chi connectivity index (χ0) is 13.0. The van der Waals surface area contributed by atoms with Gasteiger partial charge in [-0.2, -0.15) is 0 Å². The number of ether oxygens (including phenoxy) is 1. The van der Waals surface area contributed by atoms with Gasteiger partial charge in [-0.1, -0.05) is 11.6 Å². The highest BCUT2D eigenvalue weighted by Gasteiger charge is 2.14. The average molecular weight is 258 g/mol. The highest BCUT2D eigenvalue weighted by molar-refractivity contribution is 6.32. The second kappa shape index (κ2) is 5.77. The van der Waals surface area contributed by atoms with Crippen LogP contribution < -0.4 is 9.64 Å². The zero-order valence-electron chi connectivity index (χ0n) is 10.1. The van der Waals surface area contributed by atoms with Crippen molar-refractivity contribution in [2.75, 3.05) is 19.1 Å². The Kier molecular flexibility index (Phi) is 4.63. The van der Waals surface area contributed by atoms with Gasteiger partial charge in [0.05, 0.1) is 18.6 Å². The molecular weight excluding hydrogens is 242 g/mol. The summed E-state index contributed by atoms with van der Waals surface area (Å²) in [6.07, 6.45) is 0.0835. The molecular formula is C12H16ClNO3. The standard InChI is InChI=1S/C12H16ClNO3/c1-8(6-12(15)16)14(2)9-4-5-11(17-3)10(13)7-9/h4-5,7-8H,6H2,1-3H3,(H,15,16). The number of aliphatic carboxylic acids is 1. The van der Waals surface area contributed by atoms with Crippen molar-refractivity contribution in [1.29, 1.82) is 0 Å². The minimum Gasteiger partial charge on any atom is -0.495 e. The number of carboxylic acids is 1. The molecule has 1 aromatic rings. The van der Waals surface area contributed by atoms with E-state index in [1.54, 1.807) is 19.2 Å². The maximum atomic E-state index is 10.6. The normalized spacial score (nSPS) is 12.0. The van der Waals surface area contributed by atoms with Gasteiger partial charge in [0.25, 0.3) is 0 Å². The second-order valence-electron chi connectivity index (χ2n) is 3.88. The minimum atomic E-state index is -0.816. The first-order valence-electron chi connectivity index (χ1n) is 5.24. The van der Waals surface area contributed by atoms with Crippen LogP contribution in [0.15, 0.2) is 18.2 Å². The molecule has 94 valence electrons. The van der Waals surface area contributed by atoms with Gasteiger partial charge in [-0.05, 0) is 25.1 Å². The molecule has 1 unspecified atom stereocenters. The van der Waals surface area contributed by atoms with Crippen molar-refractivity contribution >= 4 is 23.3 Å². The molecule has 0 radical (unpaired) electrons. The van der Waals surface area contributed by atoms with Gasteiger partial charge in [0.2, 0.25) is 0 Å². The van der Waals surface area contributed by atoms with Crippen molar-refractivity contribution in [2.24, 2.45) is 0 Å². The van der Waals surface area contributed by atoms with Gasteiger partial charge in [-0.3, -0.25) is 4.79 Å². The molecule has 1 rings (SSSR count). The van der Waals surface area contributed by atoms with Gasteiger partial charge in [-0.25, -0.2) is 0 Å². The zero-order valence-corrected chi connectivity index (χ0v) is 10.9. The molecule has 1 atom stereocenters. The lowest BCUT2D eigenvalue weighted by Crippen LogP contribution is -2.30. The Morgan fingerprint density at radius 1 is 1.59 bits per heavy atom. The SMILES string of the molecule is COc1ccc(N(C)C(C)CC(=O)O)cc1Cl. The number of benzene rings is 1. The van der Waals surface area contributed by atoms with Gasteiger partial charge in [-0.15, -0.1) is 0 Å². The van der Waals surface area contributed by atoms with Gasteiger partial charge >= 0.3 is 5.97 Å². The first-order valence-corrected chi connectivity index (χ1v) is 5.61. The molecule has 0 aliphatic rings. The first kappa shape index (κ1) is 13.6. The summed E-state index contributed by atoms with van der Waals surface area (Å²) >= 11 is 6.02. The summed E-state index contributed by atoms with van der Waals surface area (Å²) in [5.74, 6) is -0.210. The molecule has 0 saturated heterocycles. The largest absolute Gasteiger partial charge is 0.495 e. The third-order valence-electron chi connectivity index (χ3n) is 2.67. The summed E-state index contributed by atoms with van der Waals surface area (Å²) in [6.45, 7) is 1.85. The maximum Gasteiger partial charge on any atom is 0.305 e. The van der Waals surface area contributed by atoms with Gasteiger partial charge < -0.3 is 14.7 Å². The van der Waals surface area contributed by atoms with E-state index < -0.39 is 5.97 Å². The lowest BCUT2D eigenvalue weighted by atomic mass is 10.2. The van der Waals surface area contributed by atoms with Crippen LogP contribution in [-0.2, 0) is 4.79 Å². The molecule has 1 N–H and O–H groups in total. The fourth-order valence-corrected chi connectivity index (χ4v) is 1.77. The van der Waals surface area contributed by atoms with E-state index in [1.165, 1.54) is 0 Å². The lowest BCUT2D eigenvalue weighted by Gasteiger charge is -2.26. The van der Waals surface area contributed by atoms with Crippen LogP contribution in [0.25, 0.3) is 0 Å². The van der Waals surface area contributed by atoms with E-state index in [1.807, 2.05) is 24.9 Å². The molecule has 1 aromatic carbocycles. The van der Waals surface area contributed by atoms with Crippen molar-refractivity contribution in [3.8, 4) is 5.75 Å². The van der Waals surface area contributed by atoms with Gasteiger partial charge in [0.15, 0.2) is 0 Å². The smallest absolute Gasteiger partial charge is 0.305 e. The molecule has 0 aromatic heterocycles. The first-order chi connectivity index (χ1) is 7.95. The predicted octanol–water partition coefficient (Wildman–Crippen LogP) is 2.65. The average Bonchev–Trinajstić information content (AvgIpc) is 2.27. The molecule has 17 heavy (non-hydrogen) atoms. The van der Waals surface area contributed by atoms with Crippen LogP contribution in [0.2, 0.25) is 5.02 Å². The summed E-state index contributed by atoms with van der Waals surface area (Å²) in [6, 6.07) is 5.28. The molecule has 0 saturated carbocycles. The summed E-state index contributed by atoms with van der Waals surface area (Å²) in [5, 5.41) is 9.26. The second-order valence-corrected chi connectivity index (χ2v) is 4.28. The predicted molar refractivity (Wildman–Crippen MR) is 68.1 cm³/mol. The van der Waals surface area contributed by atoms with E-state index in [-0.39, 0.29) is 12.5 Å². The van der Waals surface area contributed by atoms with Crippen LogP contribution in [-0.4, -0.2) is 31.3 Å². The lowest BCUT2D eigenvalue weighted by molar-refractivity contribution is -0.137. The summed E-state index contributed by atoms with van der Waals surface area (Å²) in [7, 11) is 3.39. The molecule has 0 amide bonds. The number of nitrogens with zero attached hydrogens (tertiary/aromatic N) is 1. The van der Waals surface area contributed by atoms with Crippen molar-refractivity contribution in [1.82, 2.24) is 0 Å². The highest BCUT2D eigenvalue weighted by Crippen LogP contribution is 2.29. The molecule has 0 fully saturated rings. The number of hydrogen-bond acceptors (Lipinski definition) is 3.